The zero-order chi connectivity index (χ0) is 17.2. The summed E-state index contributed by atoms with van der Waals surface area (Å²) in [7, 11) is 0. The molecule has 8 nitrogen and oxygen atoms in total. The number of hydrogen-bond donors (Lipinski definition) is 3. The van der Waals surface area contributed by atoms with Crippen LogP contribution in [-0.2, 0) is 19.1 Å². The quantitative estimate of drug-likeness (QED) is 0.550. The van der Waals surface area contributed by atoms with Crippen LogP contribution < -0.4 is 16.0 Å². The molecule has 0 saturated carbocycles. The van der Waals surface area contributed by atoms with Gasteiger partial charge in [0.15, 0.2) is 0 Å². The highest BCUT2D eigenvalue weighted by Gasteiger charge is 2.16. The number of hydrogen-bond acceptors (Lipinski definition) is 5. The molecular formula is C14H25N3O5. The Bertz CT molecular complexity index is 415. The number of ether oxygens (including phenoxy) is 1. The van der Waals surface area contributed by atoms with Crippen molar-refractivity contribution in [2.45, 2.75) is 46.1 Å². The van der Waals surface area contributed by atoms with Gasteiger partial charge in [-0.2, -0.15) is 0 Å². The summed E-state index contributed by atoms with van der Waals surface area (Å²) in [6.07, 6.45) is -0.318. The van der Waals surface area contributed by atoms with Gasteiger partial charge in [0.05, 0.1) is 6.54 Å². The van der Waals surface area contributed by atoms with Gasteiger partial charge in [-0.3, -0.25) is 9.59 Å². The minimum absolute atomic E-state index is 0.0447. The smallest absolute Gasteiger partial charge is 0.408 e. The maximum Gasteiger partial charge on any atom is 0.408 e. The highest BCUT2D eigenvalue weighted by atomic mass is 16.6. The van der Waals surface area contributed by atoms with E-state index in [4.69, 9.17) is 4.74 Å². The van der Waals surface area contributed by atoms with Gasteiger partial charge in [-0.15, -0.1) is 0 Å². The van der Waals surface area contributed by atoms with Crippen LogP contribution in [0, 0.1) is 0 Å². The topological polar surface area (TPSA) is 114 Å². The summed E-state index contributed by atoms with van der Waals surface area (Å²) in [6.45, 7) is 6.89. The summed E-state index contributed by atoms with van der Waals surface area (Å²) in [4.78, 5) is 44.7. The number of alkyl carbamates (subject to hydrolysis) is 1. The van der Waals surface area contributed by atoms with E-state index in [-0.39, 0.29) is 50.1 Å². The van der Waals surface area contributed by atoms with Gasteiger partial charge in [0.25, 0.3) is 0 Å². The fraction of sp³-hybridized carbons (Fsp3) is 0.714. The van der Waals surface area contributed by atoms with Crippen molar-refractivity contribution in [3.63, 3.8) is 0 Å². The van der Waals surface area contributed by atoms with Crippen molar-refractivity contribution < 1.29 is 23.9 Å². The van der Waals surface area contributed by atoms with Crippen LogP contribution in [0.1, 0.15) is 40.5 Å². The number of carbonyl (C=O) groups excluding carboxylic acids is 4. The summed E-state index contributed by atoms with van der Waals surface area (Å²) < 4.78 is 4.98. The van der Waals surface area contributed by atoms with Crippen molar-refractivity contribution in [2.75, 3.05) is 19.6 Å². The molecule has 3 amide bonds. The molecule has 0 aliphatic rings. The molecule has 0 aliphatic carbocycles. The number of Topliss-reactive ketones (excluding diaryl/α,β-unsaturated/α-hetero) is 1. The number of nitrogens with one attached hydrogen (secondary N) is 3. The first-order valence-electron chi connectivity index (χ1n) is 7.10. The van der Waals surface area contributed by atoms with Gasteiger partial charge in [-0.25, -0.2) is 4.79 Å². The van der Waals surface area contributed by atoms with Crippen molar-refractivity contribution in [2.24, 2.45) is 0 Å². The molecule has 0 spiro atoms. The molecule has 0 bridgehead atoms. The number of ketones is 1. The molecule has 0 fully saturated rings. The monoisotopic (exact) mass is 315 g/mol. The van der Waals surface area contributed by atoms with Crippen molar-refractivity contribution in [1.29, 1.82) is 0 Å². The zero-order valence-corrected chi connectivity index (χ0v) is 13.6. The van der Waals surface area contributed by atoms with Crippen LogP contribution in [0.15, 0.2) is 0 Å². The second kappa shape index (κ2) is 9.75. The van der Waals surface area contributed by atoms with E-state index in [1.807, 2.05) is 0 Å². The number of amides is 3. The van der Waals surface area contributed by atoms with Gasteiger partial charge in [-0.1, -0.05) is 0 Å². The lowest BCUT2D eigenvalue weighted by Crippen LogP contribution is -2.42. The van der Waals surface area contributed by atoms with Gasteiger partial charge in [0.2, 0.25) is 11.8 Å². The molecule has 0 atom stereocenters. The second-order valence-electron chi connectivity index (χ2n) is 5.76. The Morgan fingerprint density at radius 3 is 1.91 bits per heavy atom. The van der Waals surface area contributed by atoms with Crippen molar-refractivity contribution >= 4 is 23.7 Å². The normalized spacial score (nSPS) is 10.5. The van der Waals surface area contributed by atoms with E-state index >= 15 is 0 Å². The first-order chi connectivity index (χ1) is 10.1. The molecule has 0 aromatic heterocycles. The molecule has 126 valence electrons. The summed E-state index contributed by atoms with van der Waals surface area (Å²) >= 11 is 0. The standard InChI is InChI=1S/C14H25N3O5/c1-10(18)5-6-11(19)15-7-8-16-12(20)9-17-13(21)22-14(2,3)4/h5-9H2,1-4H3,(H,15,19)(H,16,20)(H,17,21). The van der Waals surface area contributed by atoms with E-state index in [1.54, 1.807) is 20.8 Å². The third kappa shape index (κ3) is 12.9. The average Bonchev–Trinajstić information content (AvgIpc) is 2.37. The molecule has 0 rings (SSSR count). The Kier molecular flexibility index (Phi) is 8.81. The highest BCUT2D eigenvalue weighted by Crippen LogP contribution is 2.05. The maximum absolute atomic E-state index is 11.4. The molecule has 3 N–H and O–H groups in total. The van der Waals surface area contributed by atoms with Crippen LogP contribution in [0.25, 0.3) is 0 Å². The molecule has 0 aromatic rings. The van der Waals surface area contributed by atoms with E-state index in [0.717, 1.165) is 0 Å². The van der Waals surface area contributed by atoms with Gasteiger partial charge in [0, 0.05) is 25.9 Å². The molecule has 0 heterocycles. The third-order valence-electron chi connectivity index (χ3n) is 2.27. The minimum Gasteiger partial charge on any atom is -0.444 e. The van der Waals surface area contributed by atoms with E-state index in [2.05, 4.69) is 16.0 Å². The zero-order valence-electron chi connectivity index (χ0n) is 13.6. The van der Waals surface area contributed by atoms with Gasteiger partial charge < -0.3 is 25.5 Å². The fourth-order valence-corrected chi connectivity index (χ4v) is 1.31. The summed E-state index contributed by atoms with van der Waals surface area (Å²) in [5, 5.41) is 7.43. The predicted molar refractivity (Wildman–Crippen MR) is 80.2 cm³/mol. The maximum atomic E-state index is 11.4. The summed E-state index contributed by atoms with van der Waals surface area (Å²) in [6, 6.07) is 0. The average molecular weight is 315 g/mol. The van der Waals surface area contributed by atoms with Crippen LogP contribution in [0.2, 0.25) is 0 Å². The summed E-state index contributed by atoms with van der Waals surface area (Å²) in [5.41, 5.74) is -0.620. The Labute approximate surface area is 130 Å². The van der Waals surface area contributed by atoms with Gasteiger partial charge in [-0.05, 0) is 27.7 Å². The molecule has 0 radical (unpaired) electrons. The highest BCUT2D eigenvalue weighted by molar-refractivity contribution is 5.84. The Morgan fingerprint density at radius 2 is 1.41 bits per heavy atom. The van der Waals surface area contributed by atoms with Crippen molar-refractivity contribution in [3.05, 3.63) is 0 Å². The molecule has 0 aromatic carbocycles. The van der Waals surface area contributed by atoms with Gasteiger partial charge in [0.1, 0.15) is 11.4 Å². The molecule has 0 saturated heterocycles. The second-order valence-corrected chi connectivity index (χ2v) is 5.76. The molecule has 8 heteroatoms. The number of rotatable bonds is 8. The van der Waals surface area contributed by atoms with Crippen LogP contribution >= 0.6 is 0 Å². The Balaban J connectivity index is 3.68. The lowest BCUT2D eigenvalue weighted by Gasteiger charge is -2.19. The lowest BCUT2D eigenvalue weighted by atomic mass is 10.2. The molecule has 0 aliphatic heterocycles. The van der Waals surface area contributed by atoms with Crippen LogP contribution in [0.3, 0.4) is 0 Å². The van der Waals surface area contributed by atoms with Crippen LogP contribution in [0.4, 0.5) is 4.79 Å². The van der Waals surface area contributed by atoms with Crippen molar-refractivity contribution in [3.8, 4) is 0 Å². The van der Waals surface area contributed by atoms with E-state index in [9.17, 15) is 19.2 Å². The Morgan fingerprint density at radius 1 is 0.864 bits per heavy atom. The van der Waals surface area contributed by atoms with Gasteiger partial charge >= 0.3 is 6.09 Å². The molecule has 22 heavy (non-hydrogen) atoms. The summed E-state index contributed by atoms with van der Waals surface area (Å²) in [5.74, 6) is -0.670. The molecule has 0 unspecified atom stereocenters. The third-order valence-corrected chi connectivity index (χ3v) is 2.27. The van der Waals surface area contributed by atoms with Crippen LogP contribution in [0.5, 0.6) is 0 Å². The first-order valence-corrected chi connectivity index (χ1v) is 7.10. The fourth-order valence-electron chi connectivity index (χ4n) is 1.31. The van der Waals surface area contributed by atoms with E-state index in [1.165, 1.54) is 6.92 Å². The lowest BCUT2D eigenvalue weighted by molar-refractivity contribution is -0.124. The Hall–Kier alpha value is -2.12. The SMILES string of the molecule is CC(=O)CCC(=O)NCCNC(=O)CNC(=O)OC(C)(C)C. The number of carbonyl (C=O) groups is 4. The minimum atomic E-state index is -0.666. The molecular weight excluding hydrogens is 290 g/mol. The van der Waals surface area contributed by atoms with E-state index in [0.29, 0.717) is 0 Å². The first kappa shape index (κ1) is 19.9. The predicted octanol–water partition coefficient (Wildman–Crippen LogP) is 0.113. The van der Waals surface area contributed by atoms with E-state index < -0.39 is 11.7 Å². The van der Waals surface area contributed by atoms with Crippen molar-refractivity contribution in [1.82, 2.24) is 16.0 Å². The largest absolute Gasteiger partial charge is 0.444 e. The van der Waals surface area contributed by atoms with Crippen LogP contribution in [-0.4, -0.2) is 48.9 Å².